The van der Waals surface area contributed by atoms with E-state index in [2.05, 4.69) is 4.98 Å². The molecule has 0 N–H and O–H groups in total. The van der Waals surface area contributed by atoms with E-state index >= 15 is 0 Å². The predicted molar refractivity (Wildman–Crippen MR) is 103 cm³/mol. The van der Waals surface area contributed by atoms with Crippen LogP contribution in [0.1, 0.15) is 31.7 Å². The van der Waals surface area contributed by atoms with Crippen molar-refractivity contribution in [2.75, 3.05) is 0 Å². The molecule has 0 amide bonds. The van der Waals surface area contributed by atoms with E-state index in [0.29, 0.717) is 0 Å². The van der Waals surface area contributed by atoms with Gasteiger partial charge in [-0.15, -0.1) is 0 Å². The topological polar surface area (TPSA) is 65.1 Å². The van der Waals surface area contributed by atoms with Crippen LogP contribution >= 0.6 is 0 Å². The molecule has 6 nitrogen and oxygen atoms in total. The average Bonchev–Trinajstić information content (AvgIpc) is 3.37. The molecule has 0 spiro atoms. The van der Waals surface area contributed by atoms with Crippen LogP contribution in [0.4, 0.5) is 0 Å². The molecule has 6 heteroatoms. The summed E-state index contributed by atoms with van der Waals surface area (Å²) >= 11 is 0. The minimum Gasteiger partial charge on any atom is -0.268 e. The van der Waals surface area contributed by atoms with Gasteiger partial charge in [-0.1, -0.05) is 43.2 Å². The molecule has 134 valence electrons. The minimum absolute atomic E-state index is 0.0403. The van der Waals surface area contributed by atoms with Crippen LogP contribution in [0.2, 0.25) is 0 Å². The molecule has 0 radical (unpaired) electrons. The minimum atomic E-state index is -0.0403. The third kappa shape index (κ3) is 2.73. The smallest absolute Gasteiger partial charge is 0.267 e. The molecule has 27 heavy (non-hydrogen) atoms. The molecule has 1 aromatic carbocycles. The van der Waals surface area contributed by atoms with Crippen molar-refractivity contribution in [2.24, 2.45) is 0 Å². The molecular formula is C21H19N5O. The van der Waals surface area contributed by atoms with Crippen molar-refractivity contribution in [3.05, 3.63) is 71.4 Å². The third-order valence-corrected chi connectivity index (χ3v) is 5.24. The molecule has 5 rings (SSSR count). The van der Waals surface area contributed by atoms with Gasteiger partial charge >= 0.3 is 0 Å². The van der Waals surface area contributed by atoms with Gasteiger partial charge < -0.3 is 0 Å². The fraction of sp³-hybridized carbons (Fsp3) is 0.238. The standard InChI is InChI=1S/C21H19N5O/c27-19-11-10-17(23-26(19)16-8-4-5-9-16)20-18-14-22-12-13-25(18)24-21(20)15-6-2-1-3-7-15/h1-3,6-7,10-14,16H,4-5,8-9H2. The van der Waals surface area contributed by atoms with Gasteiger partial charge in [-0.05, 0) is 18.9 Å². The van der Waals surface area contributed by atoms with Gasteiger partial charge in [0, 0.05) is 24.0 Å². The van der Waals surface area contributed by atoms with E-state index in [9.17, 15) is 4.79 Å². The summed E-state index contributed by atoms with van der Waals surface area (Å²) in [5, 5.41) is 9.51. The maximum Gasteiger partial charge on any atom is 0.267 e. The maximum absolute atomic E-state index is 12.4. The van der Waals surface area contributed by atoms with Crippen LogP contribution in [0.25, 0.3) is 28.0 Å². The van der Waals surface area contributed by atoms with E-state index in [1.165, 1.54) is 0 Å². The molecule has 0 saturated heterocycles. The molecule has 1 aliphatic rings. The number of aromatic nitrogens is 5. The first-order chi connectivity index (χ1) is 13.3. The number of fused-ring (bicyclic) bond motifs is 1. The Labute approximate surface area is 156 Å². The van der Waals surface area contributed by atoms with Crippen LogP contribution in [-0.4, -0.2) is 24.4 Å². The van der Waals surface area contributed by atoms with Gasteiger partial charge in [0.25, 0.3) is 5.56 Å². The first kappa shape index (κ1) is 15.9. The second kappa shape index (κ2) is 6.46. The molecular weight excluding hydrogens is 338 g/mol. The van der Waals surface area contributed by atoms with Crippen LogP contribution in [-0.2, 0) is 0 Å². The van der Waals surface area contributed by atoms with Gasteiger partial charge in [0.1, 0.15) is 5.69 Å². The molecule has 0 atom stereocenters. The van der Waals surface area contributed by atoms with Crippen molar-refractivity contribution in [3.8, 4) is 22.5 Å². The highest BCUT2D eigenvalue weighted by Gasteiger charge is 2.22. The Morgan fingerprint density at radius 3 is 2.59 bits per heavy atom. The highest BCUT2D eigenvalue weighted by molar-refractivity contribution is 5.90. The Morgan fingerprint density at radius 2 is 1.78 bits per heavy atom. The lowest BCUT2D eigenvalue weighted by molar-refractivity contribution is 0.445. The van der Waals surface area contributed by atoms with Crippen molar-refractivity contribution in [1.82, 2.24) is 24.4 Å². The average molecular weight is 357 g/mol. The lowest BCUT2D eigenvalue weighted by atomic mass is 10.0. The lowest BCUT2D eigenvalue weighted by Gasteiger charge is -2.13. The van der Waals surface area contributed by atoms with Crippen LogP contribution in [0, 0.1) is 0 Å². The number of rotatable bonds is 3. The van der Waals surface area contributed by atoms with E-state index in [0.717, 1.165) is 53.7 Å². The largest absolute Gasteiger partial charge is 0.268 e. The Bertz CT molecular complexity index is 1160. The highest BCUT2D eigenvalue weighted by atomic mass is 16.1. The second-order valence-electron chi connectivity index (χ2n) is 6.94. The normalized spacial score (nSPS) is 14.8. The number of hydrogen-bond acceptors (Lipinski definition) is 4. The van der Waals surface area contributed by atoms with Crippen molar-refractivity contribution in [3.63, 3.8) is 0 Å². The zero-order valence-electron chi connectivity index (χ0n) is 14.8. The highest BCUT2D eigenvalue weighted by Crippen LogP contribution is 2.34. The molecule has 0 aliphatic heterocycles. The predicted octanol–water partition coefficient (Wildman–Crippen LogP) is 3.74. The molecule has 1 fully saturated rings. The molecule has 0 unspecified atom stereocenters. The zero-order valence-corrected chi connectivity index (χ0v) is 14.8. The molecule has 1 aliphatic carbocycles. The quantitative estimate of drug-likeness (QED) is 0.560. The number of nitrogens with zero attached hydrogens (tertiary/aromatic N) is 5. The van der Waals surface area contributed by atoms with Gasteiger partial charge in [-0.25, -0.2) is 9.20 Å². The Kier molecular flexibility index (Phi) is 3.81. The van der Waals surface area contributed by atoms with Crippen LogP contribution < -0.4 is 5.56 Å². The van der Waals surface area contributed by atoms with E-state index in [-0.39, 0.29) is 11.6 Å². The van der Waals surface area contributed by atoms with Gasteiger partial charge in [-0.2, -0.15) is 10.2 Å². The summed E-state index contributed by atoms with van der Waals surface area (Å²) < 4.78 is 3.48. The Hall–Kier alpha value is -3.28. The van der Waals surface area contributed by atoms with E-state index in [1.807, 2.05) is 41.0 Å². The van der Waals surface area contributed by atoms with Crippen molar-refractivity contribution < 1.29 is 0 Å². The number of benzene rings is 1. The molecule has 3 heterocycles. The van der Waals surface area contributed by atoms with Crippen molar-refractivity contribution >= 4 is 5.52 Å². The summed E-state index contributed by atoms with van der Waals surface area (Å²) in [5.41, 5.74) is 4.34. The fourth-order valence-corrected chi connectivity index (χ4v) is 3.92. The fourth-order valence-electron chi connectivity index (χ4n) is 3.92. The summed E-state index contributed by atoms with van der Waals surface area (Å²) in [5.74, 6) is 0. The first-order valence-electron chi connectivity index (χ1n) is 9.29. The van der Waals surface area contributed by atoms with E-state index < -0.39 is 0 Å². The van der Waals surface area contributed by atoms with Crippen LogP contribution in [0.5, 0.6) is 0 Å². The maximum atomic E-state index is 12.4. The monoisotopic (exact) mass is 357 g/mol. The van der Waals surface area contributed by atoms with Crippen molar-refractivity contribution in [1.29, 1.82) is 0 Å². The van der Waals surface area contributed by atoms with E-state index in [1.54, 1.807) is 29.2 Å². The van der Waals surface area contributed by atoms with Gasteiger partial charge in [0.05, 0.1) is 29.0 Å². The molecule has 1 saturated carbocycles. The zero-order chi connectivity index (χ0) is 18.2. The van der Waals surface area contributed by atoms with Crippen LogP contribution in [0.15, 0.2) is 65.8 Å². The SMILES string of the molecule is O=c1ccc(-c2c(-c3ccccc3)nn3ccncc23)nn1C1CCCC1. The van der Waals surface area contributed by atoms with Crippen LogP contribution in [0.3, 0.4) is 0 Å². The summed E-state index contributed by atoms with van der Waals surface area (Å²) in [4.78, 5) is 16.7. The van der Waals surface area contributed by atoms with Gasteiger partial charge in [0.15, 0.2) is 0 Å². The lowest BCUT2D eigenvalue weighted by Crippen LogP contribution is -2.25. The molecule has 3 aromatic heterocycles. The summed E-state index contributed by atoms with van der Waals surface area (Å²) in [6.07, 6.45) is 9.67. The third-order valence-electron chi connectivity index (χ3n) is 5.24. The second-order valence-corrected chi connectivity index (χ2v) is 6.94. The summed E-state index contributed by atoms with van der Waals surface area (Å²) in [7, 11) is 0. The van der Waals surface area contributed by atoms with E-state index in [4.69, 9.17) is 10.2 Å². The molecule has 0 bridgehead atoms. The van der Waals surface area contributed by atoms with Gasteiger partial charge in [0.2, 0.25) is 0 Å². The Balaban J connectivity index is 1.75. The first-order valence-corrected chi connectivity index (χ1v) is 9.29. The van der Waals surface area contributed by atoms with Crippen molar-refractivity contribution in [2.45, 2.75) is 31.7 Å². The summed E-state index contributed by atoms with van der Waals surface area (Å²) in [6.45, 7) is 0. The number of hydrogen-bond donors (Lipinski definition) is 0. The van der Waals surface area contributed by atoms with Gasteiger partial charge in [-0.3, -0.25) is 9.78 Å². The Morgan fingerprint density at radius 1 is 0.963 bits per heavy atom. The summed E-state index contributed by atoms with van der Waals surface area (Å²) in [6, 6.07) is 13.6. The molecule has 4 aromatic rings.